The van der Waals surface area contributed by atoms with Crippen LogP contribution >= 0.6 is 6.64 Å². The third-order valence-electron chi connectivity index (χ3n) is 6.15. The van der Waals surface area contributed by atoms with E-state index < -0.39 is 49.1 Å². The zero-order valence-electron chi connectivity index (χ0n) is 22.5. The number of hydrogen-bond acceptors (Lipinski definition) is 11. The standard InChI is InChI=1S/C24H31F2N6O6PS/c1-6-35-20(33)14(2)31-39(40,38-16-10-8-7-9-11-16)36-12-24(26)21(34)23(4,25)22(37-24)32-13-28-17-18(27-5)29-15(3)30-19(17)32/h7-11,13-14,21-22,34H,6,12H2,1-5H3,(H,31,40)(H,27,29,30)/t14-,21+,22-,23-,24-,39-/m1/s1. The molecule has 0 aliphatic carbocycles. The van der Waals surface area contributed by atoms with Gasteiger partial charge in [0.2, 0.25) is 0 Å². The monoisotopic (exact) mass is 600 g/mol. The summed E-state index contributed by atoms with van der Waals surface area (Å²) in [5.41, 5.74) is -2.18. The number of hydrogen-bond donors (Lipinski definition) is 3. The summed E-state index contributed by atoms with van der Waals surface area (Å²) in [5, 5.41) is 16.4. The highest BCUT2D eigenvalue weighted by atomic mass is 32.5. The Morgan fingerprint density at radius 1 is 1.32 bits per heavy atom. The molecular formula is C24H31F2N6O6PS. The van der Waals surface area contributed by atoms with Gasteiger partial charge in [-0.25, -0.2) is 28.8 Å². The van der Waals surface area contributed by atoms with E-state index in [4.69, 9.17) is 30.3 Å². The van der Waals surface area contributed by atoms with Gasteiger partial charge in [-0.1, -0.05) is 18.2 Å². The van der Waals surface area contributed by atoms with E-state index in [1.807, 2.05) is 0 Å². The maximum absolute atomic E-state index is 16.2. The van der Waals surface area contributed by atoms with Crippen molar-refractivity contribution in [2.75, 3.05) is 25.6 Å². The smallest absolute Gasteiger partial charge is 0.323 e. The molecule has 16 heteroatoms. The fourth-order valence-corrected chi connectivity index (χ4v) is 6.57. The molecule has 40 heavy (non-hydrogen) atoms. The number of carbonyl (C=O) groups excluding carboxylic acids is 1. The van der Waals surface area contributed by atoms with E-state index in [0.29, 0.717) is 17.2 Å². The second-order valence-electron chi connectivity index (χ2n) is 9.28. The maximum atomic E-state index is 16.2. The number of benzene rings is 1. The van der Waals surface area contributed by atoms with Crippen LogP contribution in [0.2, 0.25) is 0 Å². The molecule has 1 saturated heterocycles. The van der Waals surface area contributed by atoms with Gasteiger partial charge in [0.05, 0.1) is 12.9 Å². The molecule has 0 spiro atoms. The number of alkyl halides is 2. The van der Waals surface area contributed by atoms with E-state index in [1.165, 1.54) is 17.8 Å². The number of para-hydroxylation sites is 1. The second kappa shape index (κ2) is 11.6. The molecule has 4 rings (SSSR count). The van der Waals surface area contributed by atoms with Gasteiger partial charge in [0.15, 0.2) is 35.0 Å². The van der Waals surface area contributed by atoms with Crippen molar-refractivity contribution in [1.29, 1.82) is 0 Å². The third-order valence-corrected chi connectivity index (χ3v) is 8.63. The SMILES string of the molecule is CCOC(=O)[C@@H](C)N[P@@](=S)(OC[C@@]1(F)O[C@@H](n2cnc3c(NC)nc(C)nc32)[C@](C)(F)[C@@H]1O)Oc1ccccc1. The van der Waals surface area contributed by atoms with Gasteiger partial charge in [-0.05, 0) is 51.6 Å². The summed E-state index contributed by atoms with van der Waals surface area (Å²) in [6, 6.07) is 7.32. The number of imidazole rings is 1. The molecule has 218 valence electrons. The Balaban J connectivity index is 1.61. The van der Waals surface area contributed by atoms with Crippen LogP contribution in [0.1, 0.15) is 32.8 Å². The fourth-order valence-electron chi connectivity index (χ4n) is 4.17. The molecule has 0 radical (unpaired) electrons. The molecule has 0 saturated carbocycles. The van der Waals surface area contributed by atoms with Crippen molar-refractivity contribution in [3.63, 3.8) is 0 Å². The molecule has 1 aliphatic rings. The minimum Gasteiger partial charge on any atom is -0.465 e. The maximum Gasteiger partial charge on any atom is 0.323 e. The number of halogens is 2. The van der Waals surface area contributed by atoms with Crippen molar-refractivity contribution in [2.45, 2.75) is 57.6 Å². The van der Waals surface area contributed by atoms with E-state index in [9.17, 15) is 9.90 Å². The van der Waals surface area contributed by atoms with Gasteiger partial charge in [-0.15, -0.1) is 0 Å². The van der Waals surface area contributed by atoms with Crippen LogP contribution in [0.15, 0.2) is 36.7 Å². The lowest BCUT2D eigenvalue weighted by molar-refractivity contribution is -0.202. The molecular weight excluding hydrogens is 569 g/mol. The number of aliphatic hydroxyl groups is 1. The molecule has 12 nitrogen and oxygen atoms in total. The number of ether oxygens (including phenoxy) is 2. The van der Waals surface area contributed by atoms with Crippen LogP contribution in [0.25, 0.3) is 11.2 Å². The van der Waals surface area contributed by atoms with Crippen LogP contribution < -0.4 is 14.9 Å². The first-order valence-electron chi connectivity index (χ1n) is 12.4. The summed E-state index contributed by atoms with van der Waals surface area (Å²) in [6.07, 6.45) is -2.76. The Hall–Kier alpha value is -2.81. The number of aliphatic hydroxyl groups excluding tert-OH is 1. The number of esters is 1. The predicted octanol–water partition coefficient (Wildman–Crippen LogP) is 3.32. The van der Waals surface area contributed by atoms with Gasteiger partial charge in [-0.3, -0.25) is 9.36 Å². The summed E-state index contributed by atoms with van der Waals surface area (Å²) >= 11 is 5.57. The van der Waals surface area contributed by atoms with Crippen molar-refractivity contribution in [1.82, 2.24) is 24.6 Å². The molecule has 0 unspecified atom stereocenters. The van der Waals surface area contributed by atoms with Crippen molar-refractivity contribution >= 4 is 41.4 Å². The summed E-state index contributed by atoms with van der Waals surface area (Å²) < 4.78 is 55.5. The van der Waals surface area contributed by atoms with Crippen LogP contribution in [0.4, 0.5) is 14.6 Å². The average molecular weight is 601 g/mol. The summed E-state index contributed by atoms with van der Waals surface area (Å²) in [7, 11) is 1.64. The molecule has 2 aromatic heterocycles. The zero-order valence-corrected chi connectivity index (χ0v) is 24.2. The Bertz CT molecular complexity index is 1420. The number of nitrogens with zero attached hydrogens (tertiary/aromatic N) is 4. The van der Waals surface area contributed by atoms with Crippen LogP contribution in [0.3, 0.4) is 0 Å². The second-order valence-corrected chi connectivity index (χ2v) is 12.4. The lowest BCUT2D eigenvalue weighted by Crippen LogP contribution is -2.47. The molecule has 3 heterocycles. The topological polar surface area (TPSA) is 142 Å². The largest absolute Gasteiger partial charge is 0.465 e. The number of rotatable bonds is 11. The van der Waals surface area contributed by atoms with Crippen LogP contribution in [-0.4, -0.2) is 74.5 Å². The van der Waals surface area contributed by atoms with Crippen molar-refractivity contribution < 1.29 is 37.2 Å². The van der Waals surface area contributed by atoms with Gasteiger partial charge < -0.3 is 28.9 Å². The molecule has 1 aromatic carbocycles. The highest BCUT2D eigenvalue weighted by Gasteiger charge is 2.65. The lowest BCUT2D eigenvalue weighted by atomic mass is 9.97. The van der Waals surface area contributed by atoms with Gasteiger partial charge in [0, 0.05) is 7.05 Å². The van der Waals surface area contributed by atoms with Crippen molar-refractivity contribution in [2.24, 2.45) is 0 Å². The molecule has 6 atom stereocenters. The van der Waals surface area contributed by atoms with Gasteiger partial charge >= 0.3 is 12.6 Å². The molecule has 1 aliphatic heterocycles. The summed E-state index contributed by atoms with van der Waals surface area (Å²) in [6.45, 7) is 1.16. The van der Waals surface area contributed by atoms with Gasteiger partial charge in [0.25, 0.3) is 5.85 Å². The number of fused-ring (bicyclic) bond motifs is 1. The Morgan fingerprint density at radius 2 is 2.02 bits per heavy atom. The molecule has 3 aromatic rings. The number of aromatic nitrogens is 4. The highest BCUT2D eigenvalue weighted by molar-refractivity contribution is 8.09. The Morgan fingerprint density at radius 3 is 2.67 bits per heavy atom. The summed E-state index contributed by atoms with van der Waals surface area (Å²) in [5.74, 6) is -2.68. The van der Waals surface area contributed by atoms with E-state index in [0.717, 1.165) is 6.92 Å². The van der Waals surface area contributed by atoms with Crippen LogP contribution in [0.5, 0.6) is 5.75 Å². The van der Waals surface area contributed by atoms with Crippen molar-refractivity contribution in [3.8, 4) is 5.75 Å². The molecule has 0 bridgehead atoms. The first-order valence-corrected chi connectivity index (χ1v) is 15.0. The summed E-state index contributed by atoms with van der Waals surface area (Å²) in [4.78, 5) is 25.0. The Kier molecular flexibility index (Phi) is 8.74. The van der Waals surface area contributed by atoms with Gasteiger partial charge in [0.1, 0.15) is 24.2 Å². The number of nitrogens with one attached hydrogen (secondary N) is 2. The normalized spacial score (nSPS) is 26.8. The lowest BCUT2D eigenvalue weighted by Gasteiger charge is -2.30. The highest BCUT2D eigenvalue weighted by Crippen LogP contribution is 2.52. The molecule has 3 N–H and O–H groups in total. The van der Waals surface area contributed by atoms with E-state index in [-0.39, 0.29) is 18.0 Å². The quantitative estimate of drug-likeness (QED) is 0.220. The van der Waals surface area contributed by atoms with E-state index in [1.54, 1.807) is 51.2 Å². The number of anilines is 1. The van der Waals surface area contributed by atoms with E-state index in [2.05, 4.69) is 25.4 Å². The number of aryl methyl sites for hydroxylation is 1. The third kappa shape index (κ3) is 5.94. The average Bonchev–Trinajstić information content (AvgIpc) is 3.40. The minimum absolute atomic E-state index is 0.126. The van der Waals surface area contributed by atoms with Gasteiger partial charge in [-0.2, -0.15) is 0 Å². The van der Waals surface area contributed by atoms with Crippen LogP contribution in [0, 0.1) is 6.92 Å². The fraction of sp³-hybridized carbons (Fsp3) is 0.500. The molecule has 0 amide bonds. The minimum atomic E-state index is -3.69. The zero-order chi connectivity index (χ0) is 29.3. The van der Waals surface area contributed by atoms with Crippen molar-refractivity contribution in [3.05, 3.63) is 42.5 Å². The molecule has 1 fully saturated rings. The van der Waals surface area contributed by atoms with Crippen LogP contribution in [-0.2, 0) is 30.6 Å². The number of carbonyl (C=O) groups is 1. The first-order chi connectivity index (χ1) is 18.8. The first kappa shape index (κ1) is 30.2. The predicted molar refractivity (Wildman–Crippen MR) is 146 cm³/mol. The Labute approximate surface area is 234 Å². The van der Waals surface area contributed by atoms with E-state index >= 15 is 8.78 Å².